The summed E-state index contributed by atoms with van der Waals surface area (Å²) in [6.45, 7) is 2.90. The predicted molar refractivity (Wildman–Crippen MR) is 107 cm³/mol. The van der Waals surface area contributed by atoms with Crippen LogP contribution in [0.2, 0.25) is 0 Å². The van der Waals surface area contributed by atoms with Crippen molar-refractivity contribution >= 4 is 29.4 Å². The van der Waals surface area contributed by atoms with E-state index in [9.17, 15) is 19.2 Å². The molecule has 1 saturated heterocycles. The fraction of sp³-hybridized carbons (Fsp3) is 0.500. The lowest BCUT2D eigenvalue weighted by molar-refractivity contribution is -0.149. The predicted octanol–water partition coefficient (Wildman–Crippen LogP) is 0.656. The molecule has 164 valence electrons. The Hall–Kier alpha value is -3.30. The van der Waals surface area contributed by atoms with Gasteiger partial charge in [-0.3, -0.25) is 19.2 Å². The minimum absolute atomic E-state index is 0.00377. The molecule has 0 bridgehead atoms. The van der Waals surface area contributed by atoms with E-state index in [1.165, 1.54) is 21.1 Å². The topological polar surface area (TPSA) is 114 Å². The molecule has 10 heteroatoms. The van der Waals surface area contributed by atoms with Gasteiger partial charge in [0, 0.05) is 51.3 Å². The van der Waals surface area contributed by atoms with Crippen LogP contribution >= 0.6 is 0 Å². The Balaban J connectivity index is 1.70. The van der Waals surface area contributed by atoms with Crippen LogP contribution in [-0.2, 0) is 23.9 Å². The van der Waals surface area contributed by atoms with Crippen molar-refractivity contribution in [2.75, 3.05) is 52.3 Å². The highest BCUT2D eigenvalue weighted by atomic mass is 16.5. The zero-order valence-corrected chi connectivity index (χ0v) is 17.4. The summed E-state index contributed by atoms with van der Waals surface area (Å²) in [5, 5.41) is 2.59. The monoisotopic (exact) mass is 421 g/mol. The second-order valence-electron chi connectivity index (χ2n) is 6.67. The van der Waals surface area contributed by atoms with Gasteiger partial charge in [0.25, 0.3) is 5.91 Å². The van der Waals surface area contributed by atoms with Gasteiger partial charge in [-0.05, 0) is 12.1 Å². The Morgan fingerprint density at radius 1 is 0.933 bits per heavy atom. The van der Waals surface area contributed by atoms with Gasteiger partial charge < -0.3 is 29.3 Å². The molecule has 0 aliphatic carbocycles. The first-order valence-corrected chi connectivity index (χ1v) is 9.54. The highest BCUT2D eigenvalue weighted by Crippen LogP contribution is 2.29. The number of carbonyl (C=O) groups excluding carboxylic acids is 4. The average molecular weight is 421 g/mol. The maximum Gasteiger partial charge on any atom is 0.306 e. The maximum absolute atomic E-state index is 12.2. The number of amides is 3. The Bertz CT molecular complexity index is 789. The lowest BCUT2D eigenvalue weighted by Crippen LogP contribution is -2.50. The molecule has 1 aliphatic rings. The van der Waals surface area contributed by atoms with E-state index in [2.05, 4.69) is 5.32 Å². The van der Waals surface area contributed by atoms with Gasteiger partial charge in [-0.15, -0.1) is 0 Å². The molecule has 0 saturated carbocycles. The van der Waals surface area contributed by atoms with Crippen molar-refractivity contribution in [3.63, 3.8) is 0 Å². The smallest absolute Gasteiger partial charge is 0.306 e. The highest BCUT2D eigenvalue weighted by Gasteiger charge is 2.22. The normalized spacial score (nSPS) is 13.4. The van der Waals surface area contributed by atoms with Gasteiger partial charge in [0.05, 0.1) is 20.6 Å². The van der Waals surface area contributed by atoms with E-state index >= 15 is 0 Å². The number of ether oxygens (including phenoxy) is 3. The van der Waals surface area contributed by atoms with Gasteiger partial charge in [-0.2, -0.15) is 0 Å². The SMILES string of the molecule is COc1ccc(NC(=O)COC(=O)CCC(=O)N2CCN(C(C)=O)CC2)cc1OC. The first-order chi connectivity index (χ1) is 14.3. The standard InChI is InChI=1S/C20H27N3O7/c1-14(24)22-8-10-23(11-9-22)19(26)6-7-20(27)30-13-18(25)21-15-4-5-16(28-2)17(12-15)29-3/h4-5,12H,6-11,13H2,1-3H3,(H,21,25). The number of piperazine rings is 1. The molecule has 0 aromatic heterocycles. The van der Waals surface area contributed by atoms with Gasteiger partial charge in [0.2, 0.25) is 11.8 Å². The third-order valence-electron chi connectivity index (χ3n) is 4.65. The largest absolute Gasteiger partial charge is 0.493 e. The fourth-order valence-corrected chi connectivity index (χ4v) is 2.97. The molecule has 0 radical (unpaired) electrons. The van der Waals surface area contributed by atoms with Crippen LogP contribution in [0.5, 0.6) is 11.5 Å². The lowest BCUT2D eigenvalue weighted by Gasteiger charge is -2.34. The molecule has 1 heterocycles. The Morgan fingerprint density at radius 2 is 1.57 bits per heavy atom. The van der Waals surface area contributed by atoms with Crippen molar-refractivity contribution in [1.29, 1.82) is 0 Å². The van der Waals surface area contributed by atoms with Crippen molar-refractivity contribution in [2.24, 2.45) is 0 Å². The van der Waals surface area contributed by atoms with E-state index < -0.39 is 18.5 Å². The number of anilines is 1. The Labute approximate surface area is 175 Å². The average Bonchev–Trinajstić information content (AvgIpc) is 2.75. The summed E-state index contributed by atoms with van der Waals surface area (Å²) in [5.74, 6) is -0.360. The second-order valence-corrected chi connectivity index (χ2v) is 6.67. The van der Waals surface area contributed by atoms with E-state index in [1.54, 1.807) is 28.0 Å². The van der Waals surface area contributed by atoms with Crippen LogP contribution in [0.1, 0.15) is 19.8 Å². The second kappa shape index (κ2) is 11.0. The summed E-state index contributed by atoms with van der Waals surface area (Å²) in [6.07, 6.45) is -0.119. The maximum atomic E-state index is 12.2. The van der Waals surface area contributed by atoms with Crippen LogP contribution in [0.4, 0.5) is 5.69 Å². The molecule has 0 unspecified atom stereocenters. The Kier molecular flexibility index (Phi) is 8.45. The van der Waals surface area contributed by atoms with Crippen LogP contribution < -0.4 is 14.8 Å². The third-order valence-corrected chi connectivity index (χ3v) is 4.65. The van der Waals surface area contributed by atoms with Crippen LogP contribution in [0.25, 0.3) is 0 Å². The fourth-order valence-electron chi connectivity index (χ4n) is 2.97. The number of benzene rings is 1. The van der Waals surface area contributed by atoms with Crippen molar-refractivity contribution in [1.82, 2.24) is 9.80 Å². The van der Waals surface area contributed by atoms with E-state index in [0.717, 1.165) is 0 Å². The summed E-state index contributed by atoms with van der Waals surface area (Å²) in [6, 6.07) is 4.86. The quantitative estimate of drug-likeness (QED) is 0.613. The molecular formula is C20H27N3O7. The minimum atomic E-state index is -0.631. The van der Waals surface area contributed by atoms with Crippen molar-refractivity contribution < 1.29 is 33.4 Å². The van der Waals surface area contributed by atoms with Crippen LogP contribution in [0.3, 0.4) is 0 Å². The van der Waals surface area contributed by atoms with E-state index in [0.29, 0.717) is 43.4 Å². The van der Waals surface area contributed by atoms with Gasteiger partial charge >= 0.3 is 5.97 Å². The Morgan fingerprint density at radius 3 is 2.17 bits per heavy atom. The van der Waals surface area contributed by atoms with Gasteiger partial charge in [-0.1, -0.05) is 0 Å². The molecule has 0 spiro atoms. The number of nitrogens with one attached hydrogen (secondary N) is 1. The number of rotatable bonds is 8. The summed E-state index contributed by atoms with van der Waals surface area (Å²) in [4.78, 5) is 50.6. The van der Waals surface area contributed by atoms with Gasteiger partial charge in [-0.25, -0.2) is 0 Å². The van der Waals surface area contributed by atoms with Crippen LogP contribution in [0, 0.1) is 0 Å². The molecule has 1 aromatic rings. The zero-order valence-electron chi connectivity index (χ0n) is 17.4. The molecule has 2 rings (SSSR count). The van der Waals surface area contributed by atoms with Crippen LogP contribution in [-0.4, -0.2) is 80.5 Å². The zero-order chi connectivity index (χ0) is 22.1. The first-order valence-electron chi connectivity index (χ1n) is 9.54. The third kappa shape index (κ3) is 6.64. The summed E-state index contributed by atoms with van der Waals surface area (Å²) in [7, 11) is 2.99. The molecule has 1 N–H and O–H groups in total. The summed E-state index contributed by atoms with van der Waals surface area (Å²) >= 11 is 0. The number of carbonyl (C=O) groups is 4. The molecule has 1 aromatic carbocycles. The molecule has 3 amide bonds. The van der Waals surface area contributed by atoms with Gasteiger partial charge in [0.1, 0.15) is 0 Å². The molecule has 0 atom stereocenters. The number of hydrogen-bond acceptors (Lipinski definition) is 7. The minimum Gasteiger partial charge on any atom is -0.493 e. The number of esters is 1. The van der Waals surface area contributed by atoms with E-state index in [-0.39, 0.29) is 24.7 Å². The van der Waals surface area contributed by atoms with Crippen molar-refractivity contribution in [3.05, 3.63) is 18.2 Å². The lowest BCUT2D eigenvalue weighted by atomic mass is 10.2. The highest BCUT2D eigenvalue weighted by molar-refractivity contribution is 5.93. The molecule has 1 fully saturated rings. The van der Waals surface area contributed by atoms with Crippen molar-refractivity contribution in [3.8, 4) is 11.5 Å². The van der Waals surface area contributed by atoms with Gasteiger partial charge in [0.15, 0.2) is 18.1 Å². The van der Waals surface area contributed by atoms with Crippen LogP contribution in [0.15, 0.2) is 18.2 Å². The first kappa shape index (κ1) is 23.0. The van der Waals surface area contributed by atoms with E-state index in [4.69, 9.17) is 14.2 Å². The van der Waals surface area contributed by atoms with Crippen molar-refractivity contribution in [2.45, 2.75) is 19.8 Å². The summed E-state index contributed by atoms with van der Waals surface area (Å²) < 4.78 is 15.2. The van der Waals surface area contributed by atoms with E-state index in [1.807, 2.05) is 0 Å². The molecule has 10 nitrogen and oxygen atoms in total. The molecule has 30 heavy (non-hydrogen) atoms. The molecule has 1 aliphatic heterocycles. The number of methoxy groups -OCH3 is 2. The summed E-state index contributed by atoms with van der Waals surface area (Å²) in [5.41, 5.74) is 0.466. The number of hydrogen-bond donors (Lipinski definition) is 1. The number of nitrogens with zero attached hydrogens (tertiary/aromatic N) is 2. The molecular weight excluding hydrogens is 394 g/mol.